The van der Waals surface area contributed by atoms with Gasteiger partial charge in [0.25, 0.3) is 0 Å². The summed E-state index contributed by atoms with van der Waals surface area (Å²) in [5.41, 5.74) is 1.27. The number of hydrogen-bond acceptors (Lipinski definition) is 6. The fraction of sp³-hybridized carbons (Fsp3) is 0.125. The van der Waals surface area contributed by atoms with Crippen LogP contribution in [0.3, 0.4) is 0 Å². The zero-order valence-electron chi connectivity index (χ0n) is 11.8. The van der Waals surface area contributed by atoms with Crippen molar-refractivity contribution in [1.29, 1.82) is 0 Å². The summed E-state index contributed by atoms with van der Waals surface area (Å²) in [5, 5.41) is 0.629. The molecular weight excluding hydrogens is 284 g/mol. The van der Waals surface area contributed by atoms with Crippen molar-refractivity contribution in [2.45, 2.75) is 6.92 Å². The molecule has 0 aliphatic heterocycles. The second-order valence-corrected chi connectivity index (χ2v) is 4.55. The van der Waals surface area contributed by atoms with Gasteiger partial charge in [0.15, 0.2) is 0 Å². The molecule has 2 heterocycles. The van der Waals surface area contributed by atoms with E-state index in [1.165, 1.54) is 12.4 Å². The number of rotatable bonds is 3. The van der Waals surface area contributed by atoms with Gasteiger partial charge in [-0.2, -0.15) is 0 Å². The number of carbonyl (C=O) groups is 1. The molecular formula is C16H12N2O4. The van der Waals surface area contributed by atoms with E-state index in [0.29, 0.717) is 11.0 Å². The van der Waals surface area contributed by atoms with Crippen LogP contribution in [-0.4, -0.2) is 22.5 Å². The maximum absolute atomic E-state index is 11.8. The summed E-state index contributed by atoms with van der Waals surface area (Å²) >= 11 is 0. The average Bonchev–Trinajstić information content (AvgIpc) is 2.55. The molecule has 110 valence electrons. The second-order valence-electron chi connectivity index (χ2n) is 4.55. The zero-order valence-corrected chi connectivity index (χ0v) is 11.8. The Balaban J connectivity index is 2.13. The van der Waals surface area contributed by atoms with Crippen molar-refractivity contribution in [2.24, 2.45) is 0 Å². The Kier molecular flexibility index (Phi) is 3.65. The summed E-state index contributed by atoms with van der Waals surface area (Å²) < 4.78 is 10.0. The number of aromatic nitrogens is 2. The summed E-state index contributed by atoms with van der Waals surface area (Å²) in [6.07, 6.45) is 4.81. The molecule has 0 bridgehead atoms. The average molecular weight is 296 g/mol. The summed E-state index contributed by atoms with van der Waals surface area (Å²) in [4.78, 5) is 31.5. The molecule has 0 aliphatic rings. The van der Waals surface area contributed by atoms with Gasteiger partial charge in [-0.15, -0.1) is 0 Å². The van der Waals surface area contributed by atoms with Crippen LogP contribution in [0.1, 0.15) is 17.3 Å². The molecule has 3 aromatic rings. The van der Waals surface area contributed by atoms with Crippen molar-refractivity contribution < 1.29 is 13.9 Å². The highest BCUT2D eigenvalue weighted by atomic mass is 16.5. The van der Waals surface area contributed by atoms with Gasteiger partial charge in [-0.25, -0.2) is 19.6 Å². The standard InChI is InChI=1S/C16H12N2O4/c1-2-21-15(19)13-6-11-5-10(12-7-17-9-18-8-12)3-4-14(11)22-16(13)20/h3-9H,2H2,1H3. The number of ether oxygens (including phenoxy) is 1. The van der Waals surface area contributed by atoms with Gasteiger partial charge >= 0.3 is 11.6 Å². The van der Waals surface area contributed by atoms with E-state index in [0.717, 1.165) is 11.1 Å². The van der Waals surface area contributed by atoms with E-state index < -0.39 is 11.6 Å². The van der Waals surface area contributed by atoms with E-state index in [1.54, 1.807) is 37.5 Å². The Morgan fingerprint density at radius 2 is 1.95 bits per heavy atom. The van der Waals surface area contributed by atoms with Crippen LogP contribution < -0.4 is 5.63 Å². The molecule has 0 N–H and O–H groups in total. The molecule has 0 atom stereocenters. The third kappa shape index (κ3) is 2.58. The van der Waals surface area contributed by atoms with Gasteiger partial charge in [0.1, 0.15) is 17.5 Å². The van der Waals surface area contributed by atoms with Crippen LogP contribution in [-0.2, 0) is 4.74 Å². The van der Waals surface area contributed by atoms with E-state index in [9.17, 15) is 9.59 Å². The van der Waals surface area contributed by atoms with Gasteiger partial charge < -0.3 is 9.15 Å². The van der Waals surface area contributed by atoms with E-state index in [2.05, 4.69) is 9.97 Å². The molecule has 6 nitrogen and oxygen atoms in total. The molecule has 3 rings (SSSR count). The first-order chi connectivity index (χ1) is 10.7. The van der Waals surface area contributed by atoms with E-state index in [-0.39, 0.29) is 12.2 Å². The van der Waals surface area contributed by atoms with Gasteiger partial charge in [-0.1, -0.05) is 6.07 Å². The van der Waals surface area contributed by atoms with Crippen LogP contribution in [0, 0.1) is 0 Å². The fourth-order valence-corrected chi connectivity index (χ4v) is 2.10. The van der Waals surface area contributed by atoms with Crippen LogP contribution in [0.2, 0.25) is 0 Å². The Bertz CT molecular complexity index is 888. The molecule has 0 unspecified atom stereocenters. The lowest BCUT2D eigenvalue weighted by atomic mass is 10.1. The second kappa shape index (κ2) is 5.77. The third-order valence-corrected chi connectivity index (χ3v) is 3.12. The van der Waals surface area contributed by atoms with Gasteiger partial charge in [-0.05, 0) is 30.7 Å². The molecule has 1 aromatic carbocycles. The molecule has 0 amide bonds. The van der Waals surface area contributed by atoms with Crippen LogP contribution in [0.25, 0.3) is 22.1 Å². The lowest BCUT2D eigenvalue weighted by Gasteiger charge is -2.04. The largest absolute Gasteiger partial charge is 0.462 e. The number of esters is 1. The van der Waals surface area contributed by atoms with Crippen molar-refractivity contribution in [3.8, 4) is 11.1 Å². The maximum atomic E-state index is 11.8. The zero-order chi connectivity index (χ0) is 15.5. The molecule has 0 radical (unpaired) electrons. The van der Waals surface area contributed by atoms with Gasteiger partial charge in [0, 0.05) is 23.3 Å². The number of nitrogens with zero attached hydrogens (tertiary/aromatic N) is 2. The molecule has 0 saturated carbocycles. The van der Waals surface area contributed by atoms with Crippen molar-refractivity contribution in [2.75, 3.05) is 6.61 Å². The first-order valence-electron chi connectivity index (χ1n) is 6.69. The summed E-state index contributed by atoms with van der Waals surface area (Å²) in [7, 11) is 0. The van der Waals surface area contributed by atoms with Gasteiger partial charge in [0.2, 0.25) is 0 Å². The van der Waals surface area contributed by atoms with E-state index >= 15 is 0 Å². The molecule has 0 aliphatic carbocycles. The van der Waals surface area contributed by atoms with Crippen LogP contribution in [0.15, 0.2) is 52.2 Å². The number of hydrogen-bond donors (Lipinski definition) is 0. The molecule has 2 aromatic heterocycles. The maximum Gasteiger partial charge on any atom is 0.351 e. The monoisotopic (exact) mass is 296 g/mol. The SMILES string of the molecule is CCOC(=O)c1cc2cc(-c3cncnc3)ccc2oc1=O. The number of benzene rings is 1. The normalized spacial score (nSPS) is 10.6. The first-order valence-corrected chi connectivity index (χ1v) is 6.69. The highest BCUT2D eigenvalue weighted by Crippen LogP contribution is 2.23. The number of fused-ring (bicyclic) bond motifs is 1. The van der Waals surface area contributed by atoms with E-state index in [1.807, 2.05) is 0 Å². The van der Waals surface area contributed by atoms with Crippen LogP contribution >= 0.6 is 0 Å². The minimum atomic E-state index is -0.707. The summed E-state index contributed by atoms with van der Waals surface area (Å²) in [6.45, 7) is 1.87. The van der Waals surface area contributed by atoms with Crippen molar-refractivity contribution in [3.63, 3.8) is 0 Å². The van der Waals surface area contributed by atoms with Crippen molar-refractivity contribution >= 4 is 16.9 Å². The highest BCUT2D eigenvalue weighted by Gasteiger charge is 2.15. The molecule has 0 spiro atoms. The number of carbonyl (C=O) groups excluding carboxylic acids is 1. The van der Waals surface area contributed by atoms with Gasteiger partial charge in [-0.3, -0.25) is 0 Å². The predicted molar refractivity (Wildman–Crippen MR) is 79.5 cm³/mol. The quantitative estimate of drug-likeness (QED) is 0.545. The van der Waals surface area contributed by atoms with Crippen LogP contribution in [0.5, 0.6) is 0 Å². The molecule has 0 saturated heterocycles. The Hall–Kier alpha value is -3.02. The Labute approximate surface area is 125 Å². The Morgan fingerprint density at radius 3 is 2.68 bits per heavy atom. The van der Waals surface area contributed by atoms with Crippen molar-refractivity contribution in [1.82, 2.24) is 9.97 Å². The van der Waals surface area contributed by atoms with Gasteiger partial charge in [0.05, 0.1) is 6.61 Å². The third-order valence-electron chi connectivity index (χ3n) is 3.12. The Morgan fingerprint density at radius 1 is 1.18 bits per heavy atom. The topological polar surface area (TPSA) is 82.3 Å². The minimum Gasteiger partial charge on any atom is -0.462 e. The summed E-state index contributed by atoms with van der Waals surface area (Å²) in [5.74, 6) is -0.688. The molecule has 0 fully saturated rings. The first kappa shape index (κ1) is 13.9. The summed E-state index contributed by atoms with van der Waals surface area (Å²) in [6, 6.07) is 6.76. The van der Waals surface area contributed by atoms with E-state index in [4.69, 9.17) is 9.15 Å². The van der Waals surface area contributed by atoms with Crippen molar-refractivity contribution in [3.05, 3.63) is 59.0 Å². The highest BCUT2D eigenvalue weighted by molar-refractivity contribution is 5.93. The molecule has 6 heteroatoms. The lowest BCUT2D eigenvalue weighted by Crippen LogP contribution is -2.16. The molecule has 22 heavy (non-hydrogen) atoms. The fourth-order valence-electron chi connectivity index (χ4n) is 2.10. The smallest absolute Gasteiger partial charge is 0.351 e. The predicted octanol–water partition coefficient (Wildman–Crippen LogP) is 2.43. The lowest BCUT2D eigenvalue weighted by molar-refractivity contribution is 0.0522. The minimum absolute atomic E-state index is 0.115. The van der Waals surface area contributed by atoms with Crippen LogP contribution in [0.4, 0.5) is 0 Å².